The number of rotatable bonds is 3. The summed E-state index contributed by atoms with van der Waals surface area (Å²) in [5.74, 6) is 0.695. The quantitative estimate of drug-likeness (QED) is 0.933. The van der Waals surface area contributed by atoms with Gasteiger partial charge in [-0.2, -0.15) is 0 Å². The monoisotopic (exact) mass is 282 g/mol. The van der Waals surface area contributed by atoms with E-state index in [2.05, 4.69) is 11.4 Å². The number of carbonyl (C=O) groups excluding carboxylic acids is 1. The second-order valence-corrected chi connectivity index (χ2v) is 4.89. The second kappa shape index (κ2) is 5.87. The molecule has 0 atom stereocenters. The SMILES string of the molecule is CCOc1ccccc1NC(=O)N1CCc2ccccc21. The highest BCUT2D eigenvalue weighted by Crippen LogP contribution is 2.29. The lowest BCUT2D eigenvalue weighted by atomic mass is 10.2. The van der Waals surface area contributed by atoms with Crippen LogP contribution in [0.25, 0.3) is 0 Å². The van der Waals surface area contributed by atoms with Gasteiger partial charge >= 0.3 is 6.03 Å². The Balaban J connectivity index is 1.79. The fourth-order valence-corrected chi connectivity index (χ4v) is 2.58. The standard InChI is InChI=1S/C17H18N2O2/c1-2-21-16-10-6-4-8-14(16)18-17(20)19-12-11-13-7-3-5-9-15(13)19/h3-10H,2,11-12H2,1H3,(H,18,20). The van der Waals surface area contributed by atoms with Crippen molar-refractivity contribution in [2.75, 3.05) is 23.4 Å². The smallest absolute Gasteiger partial charge is 0.326 e. The van der Waals surface area contributed by atoms with E-state index in [9.17, 15) is 4.79 Å². The van der Waals surface area contributed by atoms with Crippen LogP contribution < -0.4 is 15.0 Å². The summed E-state index contributed by atoms with van der Waals surface area (Å²) in [6.45, 7) is 3.21. The number of nitrogens with zero attached hydrogens (tertiary/aromatic N) is 1. The highest BCUT2D eigenvalue weighted by atomic mass is 16.5. The minimum absolute atomic E-state index is 0.118. The van der Waals surface area contributed by atoms with Crippen LogP contribution in [0.1, 0.15) is 12.5 Å². The summed E-state index contributed by atoms with van der Waals surface area (Å²) < 4.78 is 5.54. The van der Waals surface area contributed by atoms with Crippen LogP contribution in [0.3, 0.4) is 0 Å². The highest BCUT2D eigenvalue weighted by molar-refractivity contribution is 6.03. The van der Waals surface area contributed by atoms with Crippen LogP contribution in [0, 0.1) is 0 Å². The maximum atomic E-state index is 12.5. The molecule has 0 radical (unpaired) electrons. The third-order valence-electron chi connectivity index (χ3n) is 3.56. The van der Waals surface area contributed by atoms with Gasteiger partial charge in [0.2, 0.25) is 0 Å². The fraction of sp³-hybridized carbons (Fsp3) is 0.235. The van der Waals surface area contributed by atoms with E-state index in [1.54, 1.807) is 4.90 Å². The molecular weight excluding hydrogens is 264 g/mol. The number of ether oxygens (including phenoxy) is 1. The first-order chi connectivity index (χ1) is 10.3. The zero-order valence-corrected chi connectivity index (χ0v) is 12.0. The number of carbonyl (C=O) groups is 1. The Morgan fingerprint density at radius 3 is 2.81 bits per heavy atom. The Morgan fingerprint density at radius 1 is 1.19 bits per heavy atom. The van der Waals surface area contributed by atoms with Gasteiger partial charge in [0.15, 0.2) is 0 Å². The molecule has 2 aromatic carbocycles. The summed E-state index contributed by atoms with van der Waals surface area (Å²) in [6, 6.07) is 15.4. The lowest BCUT2D eigenvalue weighted by Gasteiger charge is -2.19. The van der Waals surface area contributed by atoms with Gasteiger partial charge in [-0.3, -0.25) is 4.90 Å². The number of nitrogens with one attached hydrogen (secondary N) is 1. The van der Waals surface area contributed by atoms with Crippen LogP contribution in [0.15, 0.2) is 48.5 Å². The maximum absolute atomic E-state index is 12.5. The van der Waals surface area contributed by atoms with Gasteiger partial charge in [0.05, 0.1) is 12.3 Å². The topological polar surface area (TPSA) is 41.6 Å². The number of benzene rings is 2. The van der Waals surface area contributed by atoms with E-state index in [0.29, 0.717) is 24.6 Å². The molecule has 108 valence electrons. The van der Waals surface area contributed by atoms with E-state index in [-0.39, 0.29) is 6.03 Å². The van der Waals surface area contributed by atoms with E-state index in [4.69, 9.17) is 4.74 Å². The molecule has 4 nitrogen and oxygen atoms in total. The normalized spacial score (nSPS) is 12.9. The van der Waals surface area contributed by atoms with Crippen LogP contribution in [-0.4, -0.2) is 19.2 Å². The van der Waals surface area contributed by atoms with Gasteiger partial charge in [-0.25, -0.2) is 4.79 Å². The molecule has 0 unspecified atom stereocenters. The predicted molar refractivity (Wildman–Crippen MR) is 84.1 cm³/mol. The van der Waals surface area contributed by atoms with Crippen molar-refractivity contribution in [3.05, 3.63) is 54.1 Å². The molecule has 0 saturated heterocycles. The molecule has 0 aromatic heterocycles. The molecule has 0 fully saturated rings. The largest absolute Gasteiger partial charge is 0.492 e. The van der Waals surface area contributed by atoms with E-state index >= 15 is 0 Å². The van der Waals surface area contributed by atoms with E-state index in [0.717, 1.165) is 12.1 Å². The summed E-state index contributed by atoms with van der Waals surface area (Å²) >= 11 is 0. The maximum Gasteiger partial charge on any atom is 0.326 e. The number of urea groups is 1. The van der Waals surface area contributed by atoms with Crippen molar-refractivity contribution in [2.24, 2.45) is 0 Å². The third kappa shape index (κ3) is 2.70. The van der Waals surface area contributed by atoms with E-state index in [1.807, 2.05) is 49.4 Å². The average molecular weight is 282 g/mol. The van der Waals surface area contributed by atoms with E-state index in [1.165, 1.54) is 5.56 Å². The van der Waals surface area contributed by atoms with Crippen LogP contribution in [0.2, 0.25) is 0 Å². The zero-order chi connectivity index (χ0) is 14.7. The molecule has 0 bridgehead atoms. The van der Waals surface area contributed by atoms with Gasteiger partial charge < -0.3 is 10.1 Å². The fourth-order valence-electron chi connectivity index (χ4n) is 2.58. The van der Waals surface area contributed by atoms with E-state index < -0.39 is 0 Å². The van der Waals surface area contributed by atoms with Gasteiger partial charge in [-0.15, -0.1) is 0 Å². The van der Waals surface area contributed by atoms with Crippen LogP contribution >= 0.6 is 0 Å². The lowest BCUT2D eigenvalue weighted by Crippen LogP contribution is -2.33. The summed E-state index contributed by atoms with van der Waals surface area (Å²) in [6.07, 6.45) is 0.900. The summed E-state index contributed by atoms with van der Waals surface area (Å²) in [5, 5.41) is 2.94. The number of hydrogen-bond donors (Lipinski definition) is 1. The number of amides is 2. The Hall–Kier alpha value is -2.49. The van der Waals surface area contributed by atoms with Crippen molar-refractivity contribution in [3.8, 4) is 5.75 Å². The first-order valence-corrected chi connectivity index (χ1v) is 7.18. The van der Waals surface area contributed by atoms with Crippen LogP contribution in [0.5, 0.6) is 5.75 Å². The molecule has 0 spiro atoms. The molecule has 1 aliphatic rings. The van der Waals surface area contributed by atoms with Crippen molar-refractivity contribution >= 4 is 17.4 Å². The van der Waals surface area contributed by atoms with Crippen molar-refractivity contribution in [1.29, 1.82) is 0 Å². The van der Waals surface area contributed by atoms with Crippen LogP contribution in [-0.2, 0) is 6.42 Å². The molecule has 3 rings (SSSR count). The molecule has 2 aromatic rings. The van der Waals surface area contributed by atoms with Gasteiger partial charge in [-0.1, -0.05) is 30.3 Å². The molecule has 1 heterocycles. The predicted octanol–water partition coefficient (Wildman–Crippen LogP) is 3.68. The minimum Gasteiger partial charge on any atom is -0.492 e. The number of hydrogen-bond acceptors (Lipinski definition) is 2. The molecule has 21 heavy (non-hydrogen) atoms. The number of anilines is 2. The average Bonchev–Trinajstić information content (AvgIpc) is 2.93. The van der Waals surface area contributed by atoms with Gasteiger partial charge in [0, 0.05) is 12.2 Å². The first kappa shape index (κ1) is 13.5. The molecule has 4 heteroatoms. The Bertz CT molecular complexity index is 655. The Kier molecular flexibility index (Phi) is 3.77. The molecule has 1 aliphatic heterocycles. The lowest BCUT2D eigenvalue weighted by molar-refractivity contribution is 0.257. The Morgan fingerprint density at radius 2 is 1.95 bits per heavy atom. The molecule has 2 amide bonds. The van der Waals surface area contributed by atoms with Crippen molar-refractivity contribution < 1.29 is 9.53 Å². The summed E-state index contributed by atoms with van der Waals surface area (Å²) in [4.78, 5) is 14.3. The summed E-state index contributed by atoms with van der Waals surface area (Å²) in [5.41, 5.74) is 2.91. The Labute approximate surface area is 124 Å². The van der Waals surface area contributed by atoms with Crippen molar-refractivity contribution in [2.45, 2.75) is 13.3 Å². The van der Waals surface area contributed by atoms with Gasteiger partial charge in [0.1, 0.15) is 5.75 Å². The second-order valence-electron chi connectivity index (χ2n) is 4.89. The molecule has 0 saturated carbocycles. The van der Waals surface area contributed by atoms with Gasteiger partial charge in [-0.05, 0) is 37.1 Å². The highest BCUT2D eigenvalue weighted by Gasteiger charge is 2.24. The zero-order valence-electron chi connectivity index (χ0n) is 12.0. The molecule has 0 aliphatic carbocycles. The number of fused-ring (bicyclic) bond motifs is 1. The third-order valence-corrected chi connectivity index (χ3v) is 3.56. The molecule has 1 N–H and O–H groups in total. The minimum atomic E-state index is -0.118. The van der Waals surface area contributed by atoms with Crippen molar-refractivity contribution in [3.63, 3.8) is 0 Å². The summed E-state index contributed by atoms with van der Waals surface area (Å²) in [7, 11) is 0. The molecular formula is C17H18N2O2. The van der Waals surface area contributed by atoms with Gasteiger partial charge in [0.25, 0.3) is 0 Å². The van der Waals surface area contributed by atoms with Crippen LogP contribution in [0.4, 0.5) is 16.2 Å². The van der Waals surface area contributed by atoms with Crippen molar-refractivity contribution in [1.82, 2.24) is 0 Å². The first-order valence-electron chi connectivity index (χ1n) is 7.18. The number of para-hydroxylation sites is 3.